The molecule has 10 nitrogen and oxygen atoms in total. The number of unbranched alkanes of at least 4 members (excludes halogenated alkanes) is 2. The summed E-state index contributed by atoms with van der Waals surface area (Å²) < 4.78 is 5.09. The van der Waals surface area contributed by atoms with Crippen molar-refractivity contribution in [1.29, 1.82) is 0 Å². The third-order valence-corrected chi connectivity index (χ3v) is 4.53. The van der Waals surface area contributed by atoms with Gasteiger partial charge in [-0.15, -0.1) is 11.3 Å². The van der Waals surface area contributed by atoms with Gasteiger partial charge in [-0.3, -0.25) is 25.1 Å². The van der Waals surface area contributed by atoms with E-state index in [0.29, 0.717) is 23.8 Å². The van der Waals surface area contributed by atoms with Gasteiger partial charge in [0.05, 0.1) is 12.1 Å². The average Bonchev–Trinajstić information content (AvgIpc) is 3.16. The summed E-state index contributed by atoms with van der Waals surface area (Å²) in [5, 5.41) is 15.7. The lowest BCUT2D eigenvalue weighted by Crippen LogP contribution is -2.26. The highest BCUT2D eigenvalue weighted by atomic mass is 32.1. The van der Waals surface area contributed by atoms with Crippen LogP contribution in [-0.2, 0) is 27.4 Å². The zero-order chi connectivity index (χ0) is 20.9. The number of carbonyl (C=O) groups excluding carboxylic acids is 3. The molecule has 0 spiro atoms. The Kier molecular flexibility index (Phi) is 9.52. The van der Waals surface area contributed by atoms with Crippen LogP contribution in [0.2, 0.25) is 0 Å². The van der Waals surface area contributed by atoms with Crippen molar-refractivity contribution in [3.05, 3.63) is 41.2 Å². The second kappa shape index (κ2) is 12.4. The van der Waals surface area contributed by atoms with Crippen molar-refractivity contribution in [2.75, 3.05) is 11.9 Å². The number of hydrogen-bond donors (Lipinski definition) is 4. The van der Waals surface area contributed by atoms with Crippen LogP contribution in [0.4, 0.5) is 9.93 Å². The molecule has 29 heavy (non-hydrogen) atoms. The Labute approximate surface area is 171 Å². The largest absolute Gasteiger partial charge is 0.444 e. The standard InChI is InChI=1S/C18H23N5O5S/c24-15(23-27)6-2-1-3-8-20-16(25)9-14-12-29-17(21-14)22-18(26)28-11-13-5-4-7-19-10-13/h4-5,7,10,12,27H,1-3,6,8-9,11H2,(H,20,25)(H,23,24)(H,21,22,26). The van der Waals surface area contributed by atoms with Crippen molar-refractivity contribution in [3.63, 3.8) is 0 Å². The summed E-state index contributed by atoms with van der Waals surface area (Å²) in [7, 11) is 0. The minimum atomic E-state index is -0.630. The molecule has 0 bridgehead atoms. The first kappa shape index (κ1) is 22.2. The lowest BCUT2D eigenvalue weighted by atomic mass is 10.2. The summed E-state index contributed by atoms with van der Waals surface area (Å²) >= 11 is 1.21. The Morgan fingerprint density at radius 1 is 1.17 bits per heavy atom. The Bertz CT molecular complexity index is 799. The quantitative estimate of drug-likeness (QED) is 0.247. The number of aromatic nitrogens is 2. The maximum atomic E-state index is 11.9. The van der Waals surface area contributed by atoms with Gasteiger partial charge < -0.3 is 10.1 Å². The molecule has 2 heterocycles. The van der Waals surface area contributed by atoms with Crippen LogP contribution in [0.5, 0.6) is 0 Å². The summed E-state index contributed by atoms with van der Waals surface area (Å²) in [6, 6.07) is 3.55. The van der Waals surface area contributed by atoms with Crippen LogP contribution in [0.15, 0.2) is 29.9 Å². The molecule has 2 aromatic rings. The molecule has 0 fully saturated rings. The highest BCUT2D eigenvalue weighted by molar-refractivity contribution is 7.13. The molecular weight excluding hydrogens is 398 g/mol. The topological polar surface area (TPSA) is 143 Å². The van der Waals surface area contributed by atoms with Gasteiger partial charge in [0.25, 0.3) is 0 Å². The van der Waals surface area contributed by atoms with Gasteiger partial charge in [-0.25, -0.2) is 15.3 Å². The van der Waals surface area contributed by atoms with E-state index in [-0.39, 0.29) is 25.4 Å². The zero-order valence-corrected chi connectivity index (χ0v) is 16.5. The van der Waals surface area contributed by atoms with Crippen LogP contribution >= 0.6 is 11.3 Å². The number of thiazole rings is 1. The predicted octanol–water partition coefficient (Wildman–Crippen LogP) is 2.01. The van der Waals surface area contributed by atoms with Crippen molar-refractivity contribution in [2.45, 2.75) is 38.7 Å². The van der Waals surface area contributed by atoms with E-state index in [1.54, 1.807) is 35.4 Å². The molecule has 0 aliphatic carbocycles. The van der Waals surface area contributed by atoms with E-state index < -0.39 is 12.0 Å². The summed E-state index contributed by atoms with van der Waals surface area (Å²) in [6.45, 7) is 0.598. The van der Waals surface area contributed by atoms with E-state index in [2.05, 4.69) is 20.6 Å². The Morgan fingerprint density at radius 2 is 2.03 bits per heavy atom. The number of carbonyl (C=O) groups is 3. The third-order valence-electron chi connectivity index (χ3n) is 3.72. The Hall–Kier alpha value is -3.05. The normalized spacial score (nSPS) is 10.2. The Morgan fingerprint density at radius 3 is 2.79 bits per heavy atom. The molecule has 0 aromatic carbocycles. The first-order chi connectivity index (χ1) is 14.1. The first-order valence-electron chi connectivity index (χ1n) is 9.03. The van der Waals surface area contributed by atoms with Gasteiger partial charge in [0.15, 0.2) is 5.13 Å². The van der Waals surface area contributed by atoms with Crippen molar-refractivity contribution >= 4 is 34.4 Å². The summed E-state index contributed by atoms with van der Waals surface area (Å²) in [5.74, 6) is -0.586. The molecule has 0 aliphatic heterocycles. The fourth-order valence-electron chi connectivity index (χ4n) is 2.30. The smallest absolute Gasteiger partial charge is 0.413 e. The summed E-state index contributed by atoms with van der Waals surface area (Å²) in [5.41, 5.74) is 2.90. The highest BCUT2D eigenvalue weighted by Gasteiger charge is 2.10. The van der Waals surface area contributed by atoms with Crippen molar-refractivity contribution < 1.29 is 24.3 Å². The van der Waals surface area contributed by atoms with Gasteiger partial charge in [0, 0.05) is 36.3 Å². The molecule has 156 valence electrons. The van der Waals surface area contributed by atoms with Crippen LogP contribution in [0.1, 0.15) is 36.9 Å². The van der Waals surface area contributed by atoms with E-state index in [0.717, 1.165) is 18.4 Å². The van der Waals surface area contributed by atoms with Crippen LogP contribution < -0.4 is 16.1 Å². The lowest BCUT2D eigenvalue weighted by molar-refractivity contribution is -0.129. The zero-order valence-electron chi connectivity index (χ0n) is 15.7. The molecular formula is C18H23N5O5S. The number of amides is 3. The summed E-state index contributed by atoms with van der Waals surface area (Å²) in [6.07, 6.45) is 5.11. The monoisotopic (exact) mass is 421 g/mol. The number of nitrogens with one attached hydrogen (secondary N) is 3. The maximum Gasteiger partial charge on any atom is 0.413 e. The fourth-order valence-corrected chi connectivity index (χ4v) is 3.00. The molecule has 0 atom stereocenters. The minimum absolute atomic E-state index is 0.102. The maximum absolute atomic E-state index is 11.9. The van der Waals surface area contributed by atoms with Crippen LogP contribution in [0.3, 0.4) is 0 Å². The van der Waals surface area contributed by atoms with E-state index in [1.165, 1.54) is 11.3 Å². The number of pyridine rings is 1. The van der Waals surface area contributed by atoms with Crippen LogP contribution in [-0.4, -0.2) is 39.6 Å². The molecule has 11 heteroatoms. The molecule has 0 unspecified atom stereocenters. The van der Waals surface area contributed by atoms with E-state index in [1.807, 2.05) is 0 Å². The molecule has 4 N–H and O–H groups in total. The molecule has 0 radical (unpaired) electrons. The molecule has 0 aliphatic rings. The molecule has 0 saturated carbocycles. The number of nitrogens with zero attached hydrogens (tertiary/aromatic N) is 2. The number of anilines is 1. The number of ether oxygens (including phenoxy) is 1. The molecule has 3 amide bonds. The van der Waals surface area contributed by atoms with E-state index >= 15 is 0 Å². The van der Waals surface area contributed by atoms with E-state index in [9.17, 15) is 14.4 Å². The minimum Gasteiger partial charge on any atom is -0.444 e. The first-order valence-corrected chi connectivity index (χ1v) is 9.91. The third kappa shape index (κ3) is 9.12. The predicted molar refractivity (Wildman–Crippen MR) is 105 cm³/mol. The van der Waals surface area contributed by atoms with Crippen molar-refractivity contribution in [2.24, 2.45) is 0 Å². The fraction of sp³-hybridized carbons (Fsp3) is 0.389. The molecule has 2 aromatic heterocycles. The van der Waals surface area contributed by atoms with Crippen LogP contribution in [0, 0.1) is 0 Å². The van der Waals surface area contributed by atoms with Gasteiger partial charge in [0.2, 0.25) is 11.8 Å². The second-order valence-corrected chi connectivity index (χ2v) is 6.94. The number of hydroxylamine groups is 1. The van der Waals surface area contributed by atoms with Crippen LogP contribution in [0.25, 0.3) is 0 Å². The molecule has 2 rings (SSSR count). The Balaban J connectivity index is 1.61. The summed E-state index contributed by atoms with van der Waals surface area (Å²) in [4.78, 5) is 42.7. The molecule has 0 saturated heterocycles. The van der Waals surface area contributed by atoms with Gasteiger partial charge in [-0.2, -0.15) is 0 Å². The van der Waals surface area contributed by atoms with Crippen molar-refractivity contribution in [1.82, 2.24) is 20.8 Å². The second-order valence-electron chi connectivity index (χ2n) is 6.08. The highest BCUT2D eigenvalue weighted by Crippen LogP contribution is 2.16. The SMILES string of the molecule is O=C(CCCCCNC(=O)Cc1csc(NC(=O)OCc2cccnc2)n1)NO. The van der Waals surface area contributed by atoms with E-state index in [4.69, 9.17) is 9.94 Å². The van der Waals surface area contributed by atoms with Gasteiger partial charge in [0.1, 0.15) is 6.61 Å². The average molecular weight is 421 g/mol. The lowest BCUT2D eigenvalue weighted by Gasteiger charge is -2.05. The van der Waals surface area contributed by atoms with Gasteiger partial charge in [-0.05, 0) is 18.9 Å². The number of rotatable bonds is 11. The van der Waals surface area contributed by atoms with Gasteiger partial charge >= 0.3 is 6.09 Å². The van der Waals surface area contributed by atoms with Crippen molar-refractivity contribution in [3.8, 4) is 0 Å². The number of hydrogen-bond acceptors (Lipinski definition) is 8. The van der Waals surface area contributed by atoms with Gasteiger partial charge in [-0.1, -0.05) is 12.5 Å².